The quantitative estimate of drug-likeness (QED) is 0.254. The van der Waals surface area contributed by atoms with E-state index in [1.165, 1.54) is 37.8 Å². The zero-order valence-electron chi connectivity index (χ0n) is 18.0. The maximum atomic E-state index is 14.9. The van der Waals surface area contributed by atoms with Crippen molar-refractivity contribution in [2.24, 2.45) is 23.7 Å². The minimum Gasteiger partial charge on any atom is -0.206 e. The molecule has 0 radical (unpaired) electrons. The van der Waals surface area contributed by atoms with Crippen LogP contribution in [0.5, 0.6) is 0 Å². The van der Waals surface area contributed by atoms with Crippen molar-refractivity contribution in [2.75, 3.05) is 0 Å². The highest BCUT2D eigenvalue weighted by atomic mass is 19.2. The van der Waals surface area contributed by atoms with Crippen molar-refractivity contribution in [1.82, 2.24) is 0 Å². The highest BCUT2D eigenvalue weighted by molar-refractivity contribution is 5.77. The van der Waals surface area contributed by atoms with Gasteiger partial charge in [-0.05, 0) is 98.5 Å². The molecule has 0 atom stereocenters. The Morgan fingerprint density at radius 2 is 1.40 bits per heavy atom. The van der Waals surface area contributed by atoms with Gasteiger partial charge in [-0.2, -0.15) is 0 Å². The Balaban J connectivity index is 1.63. The predicted molar refractivity (Wildman–Crippen MR) is 115 cm³/mol. The Morgan fingerprint density at radius 3 is 1.90 bits per heavy atom. The van der Waals surface area contributed by atoms with Crippen LogP contribution in [0.3, 0.4) is 0 Å². The fourth-order valence-corrected chi connectivity index (χ4v) is 5.23. The largest absolute Gasteiger partial charge is 0.206 e. The van der Waals surface area contributed by atoms with Crippen LogP contribution in [0.25, 0.3) is 5.57 Å². The van der Waals surface area contributed by atoms with Gasteiger partial charge in [-0.3, -0.25) is 0 Å². The van der Waals surface area contributed by atoms with Gasteiger partial charge in [-0.15, -0.1) is 0 Å². The van der Waals surface area contributed by atoms with Crippen molar-refractivity contribution in [3.8, 4) is 0 Å². The van der Waals surface area contributed by atoms with Crippen molar-refractivity contribution in [3.63, 3.8) is 0 Å². The predicted octanol–water partition coefficient (Wildman–Crippen LogP) is 8.55. The van der Waals surface area contributed by atoms with Gasteiger partial charge in [-0.1, -0.05) is 32.4 Å². The molecule has 3 rings (SSSR count). The molecular formula is C26H32F4. The van der Waals surface area contributed by atoms with E-state index in [1.54, 1.807) is 6.92 Å². The number of rotatable bonds is 5. The molecule has 1 aromatic carbocycles. The molecule has 2 fully saturated rings. The molecule has 0 N–H and O–H groups in total. The smallest absolute Gasteiger partial charge is 0.194 e. The Hall–Kier alpha value is -1.84. The van der Waals surface area contributed by atoms with Crippen LogP contribution >= 0.6 is 0 Å². The van der Waals surface area contributed by atoms with Gasteiger partial charge < -0.3 is 0 Å². The van der Waals surface area contributed by atoms with Crippen LogP contribution in [0.1, 0.15) is 70.8 Å². The SMILES string of the molecule is C=C(/C=C(F)\C(=C/C)c1cc(F)c(F)c(F)c1)C1CCC(C2CCC(C)CC2)CC1. The molecule has 0 amide bonds. The van der Waals surface area contributed by atoms with Crippen molar-refractivity contribution >= 4 is 5.57 Å². The Morgan fingerprint density at radius 1 is 0.900 bits per heavy atom. The maximum absolute atomic E-state index is 14.9. The van der Waals surface area contributed by atoms with Gasteiger partial charge >= 0.3 is 0 Å². The third-order valence-electron chi connectivity index (χ3n) is 7.18. The summed E-state index contributed by atoms with van der Waals surface area (Å²) in [5.74, 6) is -2.11. The van der Waals surface area contributed by atoms with Gasteiger partial charge in [0.1, 0.15) is 5.83 Å². The molecule has 2 aliphatic rings. The molecule has 0 aromatic heterocycles. The first-order valence-electron chi connectivity index (χ1n) is 11.2. The van der Waals surface area contributed by atoms with Gasteiger partial charge in [0, 0.05) is 5.57 Å². The molecule has 0 saturated heterocycles. The summed E-state index contributed by atoms with van der Waals surface area (Å²) in [6.07, 6.45) is 12.5. The molecule has 0 aliphatic heterocycles. The van der Waals surface area contributed by atoms with E-state index in [4.69, 9.17) is 0 Å². The van der Waals surface area contributed by atoms with Gasteiger partial charge in [0.2, 0.25) is 0 Å². The number of benzene rings is 1. The van der Waals surface area contributed by atoms with Crippen molar-refractivity contribution in [3.05, 3.63) is 65.3 Å². The van der Waals surface area contributed by atoms with Crippen LogP contribution in [-0.2, 0) is 0 Å². The third-order valence-corrected chi connectivity index (χ3v) is 7.18. The van der Waals surface area contributed by atoms with Gasteiger partial charge in [0.15, 0.2) is 17.5 Å². The minimum absolute atomic E-state index is 0.0225. The number of halogens is 4. The normalized spacial score (nSPS) is 28.5. The highest BCUT2D eigenvalue weighted by Crippen LogP contribution is 2.43. The van der Waals surface area contributed by atoms with Crippen LogP contribution in [0.15, 0.2) is 42.3 Å². The fraction of sp³-hybridized carbons (Fsp3) is 0.538. The lowest BCUT2D eigenvalue weighted by molar-refractivity contribution is 0.159. The first kappa shape index (κ1) is 22.8. The summed E-state index contributed by atoms with van der Waals surface area (Å²) in [5.41, 5.74) is 0.732. The lowest BCUT2D eigenvalue weighted by Gasteiger charge is -2.37. The van der Waals surface area contributed by atoms with Crippen LogP contribution < -0.4 is 0 Å². The second-order valence-electron chi connectivity index (χ2n) is 9.16. The highest BCUT2D eigenvalue weighted by Gasteiger charge is 2.30. The minimum atomic E-state index is -1.55. The van der Waals surface area contributed by atoms with Crippen molar-refractivity contribution < 1.29 is 17.6 Å². The summed E-state index contributed by atoms with van der Waals surface area (Å²) in [5, 5.41) is 0. The summed E-state index contributed by atoms with van der Waals surface area (Å²) in [6.45, 7) is 8.00. The van der Waals surface area contributed by atoms with E-state index in [-0.39, 0.29) is 17.1 Å². The van der Waals surface area contributed by atoms with Crippen LogP contribution in [-0.4, -0.2) is 0 Å². The van der Waals surface area contributed by atoms with E-state index in [0.717, 1.165) is 55.6 Å². The second-order valence-corrected chi connectivity index (χ2v) is 9.16. The zero-order chi connectivity index (χ0) is 21.8. The fourth-order valence-electron chi connectivity index (χ4n) is 5.23. The lowest BCUT2D eigenvalue weighted by atomic mass is 9.68. The number of allylic oxidation sites excluding steroid dienone is 5. The second kappa shape index (κ2) is 9.98. The molecular weight excluding hydrogens is 388 g/mol. The summed E-state index contributed by atoms with van der Waals surface area (Å²) in [7, 11) is 0. The van der Waals surface area contributed by atoms with E-state index >= 15 is 0 Å². The van der Waals surface area contributed by atoms with Gasteiger partial charge in [0.25, 0.3) is 0 Å². The standard InChI is InChI=1S/C26H32F4/c1-4-22(21-14-24(28)26(30)25(29)15-21)23(27)13-17(3)18-9-11-20(12-10-18)19-7-5-16(2)6-8-19/h4,13-16,18-20H,3,5-12H2,1-2H3/b22-4-,23-13+. The molecule has 0 spiro atoms. The molecule has 164 valence electrons. The molecule has 2 aliphatic carbocycles. The van der Waals surface area contributed by atoms with E-state index in [0.29, 0.717) is 5.57 Å². The maximum Gasteiger partial charge on any atom is 0.194 e. The molecule has 4 heteroatoms. The lowest BCUT2D eigenvalue weighted by Crippen LogP contribution is -2.25. The Labute approximate surface area is 177 Å². The Bertz CT molecular complexity index is 796. The summed E-state index contributed by atoms with van der Waals surface area (Å²) in [6, 6.07) is 1.64. The molecule has 0 unspecified atom stereocenters. The molecule has 2 saturated carbocycles. The van der Waals surface area contributed by atoms with Crippen molar-refractivity contribution in [1.29, 1.82) is 0 Å². The van der Waals surface area contributed by atoms with Crippen LogP contribution in [0, 0.1) is 41.1 Å². The first-order chi connectivity index (χ1) is 14.3. The number of hydrogen-bond acceptors (Lipinski definition) is 0. The van der Waals surface area contributed by atoms with Crippen LogP contribution in [0.2, 0.25) is 0 Å². The average molecular weight is 421 g/mol. The number of hydrogen-bond donors (Lipinski definition) is 0. The topological polar surface area (TPSA) is 0 Å². The molecule has 0 heterocycles. The monoisotopic (exact) mass is 420 g/mol. The third kappa shape index (κ3) is 5.25. The van der Waals surface area contributed by atoms with Gasteiger partial charge in [0.05, 0.1) is 0 Å². The summed E-state index contributed by atoms with van der Waals surface area (Å²) >= 11 is 0. The summed E-state index contributed by atoms with van der Waals surface area (Å²) in [4.78, 5) is 0. The molecule has 30 heavy (non-hydrogen) atoms. The van der Waals surface area contributed by atoms with Crippen LogP contribution in [0.4, 0.5) is 17.6 Å². The Kier molecular flexibility index (Phi) is 7.60. The van der Waals surface area contributed by atoms with Gasteiger partial charge in [-0.25, -0.2) is 17.6 Å². The molecule has 1 aromatic rings. The average Bonchev–Trinajstić information content (AvgIpc) is 2.73. The van der Waals surface area contributed by atoms with E-state index < -0.39 is 23.3 Å². The van der Waals surface area contributed by atoms with E-state index in [1.807, 2.05) is 0 Å². The van der Waals surface area contributed by atoms with E-state index in [9.17, 15) is 17.6 Å². The molecule has 0 nitrogen and oxygen atoms in total. The van der Waals surface area contributed by atoms with Crippen molar-refractivity contribution in [2.45, 2.75) is 65.2 Å². The first-order valence-corrected chi connectivity index (χ1v) is 11.2. The molecule has 0 bridgehead atoms. The van der Waals surface area contributed by atoms with E-state index in [2.05, 4.69) is 13.5 Å². The summed E-state index contributed by atoms with van der Waals surface area (Å²) < 4.78 is 55.3. The zero-order valence-corrected chi connectivity index (χ0v) is 18.0.